The SMILES string of the molecule is C[C@H](NCC(=O)N(CCCCN)CC(=O)N(CC(=O)N(CC(=O)N(CCCCN)CC(=O)N(CC(=O)N(CC(=O)N(CCCCN)CC(=O)N(CC(=O)N(CC(=O)N(CCCCN)CC(=O)N(CCCCN)CC(N)=O)[C@@H](C)c1ccccc1)[C@@H](C)c1ccccc1)[C@@H](C)c1ccccc1)[C@@H](C)c1ccccc1)[C@@H](C)c1ccccc1)[C@@H](C)c1ccccc1)c1ccccc1. The Hall–Kier alpha value is -12.1. The predicted molar refractivity (Wildman–Crippen MR) is 506 cm³/mol. The molecule has 0 aromatic heterocycles. The van der Waals surface area contributed by atoms with Crippen LogP contribution in [-0.2, 0) is 57.5 Å². The van der Waals surface area contributed by atoms with Gasteiger partial charge in [0.25, 0.3) is 0 Å². The lowest BCUT2D eigenvalue weighted by Gasteiger charge is -2.38. The summed E-state index contributed by atoms with van der Waals surface area (Å²) in [6.45, 7) is 8.51. The van der Waals surface area contributed by atoms with E-state index in [9.17, 15) is 14.4 Å². The molecule has 0 saturated carbocycles. The van der Waals surface area contributed by atoms with E-state index >= 15 is 43.2 Å². The zero-order valence-corrected chi connectivity index (χ0v) is 77.2. The van der Waals surface area contributed by atoms with Gasteiger partial charge in [0.1, 0.15) is 39.3 Å². The summed E-state index contributed by atoms with van der Waals surface area (Å²) >= 11 is 0. The van der Waals surface area contributed by atoms with Gasteiger partial charge < -0.3 is 93.6 Å². The highest BCUT2D eigenvalue weighted by Gasteiger charge is 2.39. The maximum absolute atomic E-state index is 16.1. The van der Waals surface area contributed by atoms with Gasteiger partial charge in [0, 0.05) is 38.8 Å². The lowest BCUT2D eigenvalue weighted by molar-refractivity contribution is -0.152. The minimum atomic E-state index is -0.855. The van der Waals surface area contributed by atoms with Crippen LogP contribution in [-0.4, -0.2) is 269 Å². The lowest BCUT2D eigenvalue weighted by atomic mass is 10.0. The number of unbranched alkanes of at least 4 members (excludes halogenated alkanes) is 5. The summed E-state index contributed by atoms with van der Waals surface area (Å²) in [4.78, 5) is 197. The fourth-order valence-electron chi connectivity index (χ4n) is 15.7. The Bertz CT molecular complexity index is 4590. The van der Waals surface area contributed by atoms with Crippen molar-refractivity contribution in [3.05, 3.63) is 251 Å². The van der Waals surface area contributed by atoms with Crippen molar-refractivity contribution in [3.63, 3.8) is 0 Å². The van der Waals surface area contributed by atoms with Crippen molar-refractivity contribution in [2.45, 2.75) is 155 Å². The first kappa shape index (κ1) is 105. The van der Waals surface area contributed by atoms with Crippen LogP contribution in [0.2, 0.25) is 0 Å². The minimum Gasteiger partial charge on any atom is -0.368 e. The first-order chi connectivity index (χ1) is 62.6. The molecule has 0 heterocycles. The van der Waals surface area contributed by atoms with Crippen molar-refractivity contribution in [2.24, 2.45) is 34.4 Å². The maximum atomic E-state index is 16.1. The molecule has 30 nitrogen and oxygen atoms in total. The second-order valence-electron chi connectivity index (χ2n) is 33.2. The molecule has 7 atom stereocenters. The third-order valence-corrected chi connectivity index (χ3v) is 23.9. The summed E-state index contributed by atoms with van der Waals surface area (Å²) in [5, 5.41) is 3.31. The van der Waals surface area contributed by atoms with E-state index in [0.29, 0.717) is 117 Å². The van der Waals surface area contributed by atoms with Crippen LogP contribution in [0.5, 0.6) is 0 Å². The maximum Gasteiger partial charge on any atom is 0.243 e. The Morgan fingerprint density at radius 1 is 0.223 bits per heavy atom. The van der Waals surface area contributed by atoms with Crippen molar-refractivity contribution in [3.8, 4) is 0 Å². The number of amides is 12. The largest absolute Gasteiger partial charge is 0.368 e. The van der Waals surface area contributed by atoms with E-state index in [2.05, 4.69) is 5.32 Å². The molecule has 12 amide bonds. The fraction of sp³-hybridized carbons (Fsp3) is 0.460. The molecule has 7 rings (SSSR count). The summed E-state index contributed by atoms with van der Waals surface area (Å²) in [5.74, 6) is -7.25. The third kappa shape index (κ3) is 33.5. The average Bonchev–Trinajstić information content (AvgIpc) is 0.833. The van der Waals surface area contributed by atoms with Crippen LogP contribution < -0.4 is 39.7 Å². The number of primary amides is 1. The van der Waals surface area contributed by atoms with Crippen LogP contribution in [0.15, 0.2) is 212 Å². The molecule has 0 aliphatic heterocycles. The number of benzene rings is 7. The molecule has 13 N–H and O–H groups in total. The molecular weight excluding hydrogens is 1650 g/mol. The van der Waals surface area contributed by atoms with Gasteiger partial charge in [-0.3, -0.25) is 57.5 Å². The van der Waals surface area contributed by atoms with Crippen molar-refractivity contribution >= 4 is 70.9 Å². The van der Waals surface area contributed by atoms with E-state index in [1.165, 1.54) is 53.9 Å². The second kappa shape index (κ2) is 56.4. The van der Waals surface area contributed by atoms with E-state index < -0.39 is 160 Å². The molecule has 0 aliphatic rings. The average molecular weight is 1790 g/mol. The number of hydrogen-bond donors (Lipinski definition) is 7. The number of hydrogen-bond acceptors (Lipinski definition) is 18. The highest BCUT2D eigenvalue weighted by molar-refractivity contribution is 5.96. The number of carbonyl (C=O) groups excluding carboxylic acids is 12. The van der Waals surface area contributed by atoms with Crippen molar-refractivity contribution in [2.75, 3.05) is 144 Å². The Morgan fingerprint density at radius 2 is 0.392 bits per heavy atom. The molecule has 0 bridgehead atoms. The van der Waals surface area contributed by atoms with Gasteiger partial charge in [-0.25, -0.2) is 0 Å². The number of carbonyl (C=O) groups is 12. The zero-order valence-electron chi connectivity index (χ0n) is 77.2. The monoisotopic (exact) mass is 1790 g/mol. The molecule has 130 heavy (non-hydrogen) atoms. The topological polar surface area (TPSA) is 409 Å². The summed E-state index contributed by atoms with van der Waals surface area (Å²) in [7, 11) is 0. The molecule has 702 valence electrons. The van der Waals surface area contributed by atoms with Gasteiger partial charge in [0.15, 0.2) is 0 Å². The highest BCUT2D eigenvalue weighted by atomic mass is 16.2. The van der Waals surface area contributed by atoms with Crippen LogP contribution >= 0.6 is 0 Å². The molecule has 7 aromatic carbocycles. The normalized spacial score (nSPS) is 12.7. The number of nitrogens with one attached hydrogen (secondary N) is 1. The Morgan fingerprint density at radius 3 is 0.600 bits per heavy atom. The molecule has 7 aromatic rings. The second-order valence-corrected chi connectivity index (χ2v) is 33.2. The molecule has 0 aliphatic carbocycles. The van der Waals surface area contributed by atoms with Gasteiger partial charge in [-0.1, -0.05) is 212 Å². The fourth-order valence-corrected chi connectivity index (χ4v) is 15.7. The van der Waals surface area contributed by atoms with Crippen LogP contribution in [0.4, 0.5) is 0 Å². The third-order valence-electron chi connectivity index (χ3n) is 23.9. The number of nitrogens with two attached hydrogens (primary N) is 6. The van der Waals surface area contributed by atoms with Gasteiger partial charge in [0.2, 0.25) is 70.9 Å². The first-order valence-corrected chi connectivity index (χ1v) is 45.7. The van der Waals surface area contributed by atoms with Crippen LogP contribution in [0.3, 0.4) is 0 Å². The molecule has 0 unspecified atom stereocenters. The molecular formula is C100H140N18O12. The van der Waals surface area contributed by atoms with E-state index in [-0.39, 0.29) is 77.4 Å². The summed E-state index contributed by atoms with van der Waals surface area (Å²) in [6, 6.07) is 59.0. The van der Waals surface area contributed by atoms with Crippen molar-refractivity contribution in [1.29, 1.82) is 0 Å². The Labute approximate surface area is 768 Å². The molecule has 0 fully saturated rings. The van der Waals surface area contributed by atoms with E-state index in [1.54, 1.807) is 114 Å². The first-order valence-electron chi connectivity index (χ1n) is 45.7. The van der Waals surface area contributed by atoms with Crippen LogP contribution in [0.1, 0.15) is 194 Å². The number of nitrogens with zero attached hydrogens (tertiary/aromatic N) is 11. The van der Waals surface area contributed by atoms with Gasteiger partial charge in [0.05, 0.1) is 75.5 Å². The lowest BCUT2D eigenvalue weighted by Crippen LogP contribution is -2.54. The van der Waals surface area contributed by atoms with E-state index in [0.717, 1.165) is 5.56 Å². The van der Waals surface area contributed by atoms with E-state index in [4.69, 9.17) is 34.4 Å². The molecule has 0 spiro atoms. The number of rotatable bonds is 58. The predicted octanol–water partition coefficient (Wildman–Crippen LogP) is 8.20. The van der Waals surface area contributed by atoms with E-state index in [1.807, 2.05) is 146 Å². The van der Waals surface area contributed by atoms with Crippen LogP contribution in [0.25, 0.3) is 0 Å². The summed E-state index contributed by atoms with van der Waals surface area (Å²) in [6.07, 6.45) is 4.59. The summed E-state index contributed by atoms with van der Waals surface area (Å²) < 4.78 is 0. The van der Waals surface area contributed by atoms with Gasteiger partial charge >= 0.3 is 0 Å². The standard InChI is InChI=1S/C100H140N18O12/c1-75(82-39-15-8-16-40-82)107-63-90(120)109(59-35-30-54-102)66-95(125)116(79(5)86-47-23-12-24-48-86)72-98(128)114(77(3)84-43-19-10-20-44-84)70-93(123)111(61-37-32-56-104)68-97(127)118(81(7)88-51-27-14-28-52-88)74-100(130)115(78(4)85-45-21-11-22-46-85)71-94(124)112(62-38-33-57-105)67-96(126)117(80(6)87-49-25-13-26-50-87)73-99(129)113(76(2)83-41-17-9-18-42-83)69-92(122)110(60-36-31-55-103)65-91(121)108(64-89(106)119)58-34-29-53-101/h8-28,39-52,75-81,107H,29-38,53-74,101-105H2,1-7H3,(H2,106,119)/t75-,76-,77-,78-,79-,80-,81-/m0/s1. The van der Waals surface area contributed by atoms with Crippen molar-refractivity contribution in [1.82, 2.24) is 59.2 Å². The Kier molecular flexibility index (Phi) is 45.6. The smallest absolute Gasteiger partial charge is 0.243 e. The van der Waals surface area contributed by atoms with Gasteiger partial charge in [-0.15, -0.1) is 0 Å². The highest BCUT2D eigenvalue weighted by Crippen LogP contribution is 2.30. The molecule has 0 saturated heterocycles. The zero-order chi connectivity index (χ0) is 94.4. The van der Waals surface area contributed by atoms with Gasteiger partial charge in [-0.2, -0.15) is 0 Å². The molecule has 30 heteroatoms. The Balaban J connectivity index is 1.23. The van der Waals surface area contributed by atoms with Crippen LogP contribution in [0, 0.1) is 0 Å². The minimum absolute atomic E-state index is 0.00592. The van der Waals surface area contributed by atoms with Crippen molar-refractivity contribution < 1.29 is 57.5 Å². The quantitative estimate of drug-likeness (QED) is 0.0177. The van der Waals surface area contributed by atoms with Gasteiger partial charge in [-0.05, 0) is 184 Å². The molecule has 0 radical (unpaired) electrons. The summed E-state index contributed by atoms with van der Waals surface area (Å²) in [5.41, 5.74) is 40.4.